The van der Waals surface area contributed by atoms with Crippen LogP contribution in [0.5, 0.6) is 0 Å². The van der Waals surface area contributed by atoms with Gasteiger partial charge in [0, 0.05) is 25.7 Å². The molecule has 0 unspecified atom stereocenters. The Labute approximate surface area is 161 Å². The van der Waals surface area contributed by atoms with Crippen molar-refractivity contribution >= 4 is 33.5 Å². The van der Waals surface area contributed by atoms with Crippen molar-refractivity contribution in [3.8, 4) is 11.4 Å². The predicted molar refractivity (Wildman–Crippen MR) is 104 cm³/mol. The number of nitrogens with one attached hydrogen (secondary N) is 1. The number of imidazole rings is 1. The average molecular weight is 397 g/mol. The number of aromatic nitrogens is 6. The van der Waals surface area contributed by atoms with Crippen molar-refractivity contribution in [1.29, 1.82) is 0 Å². The second-order valence-corrected chi connectivity index (χ2v) is 6.91. The Balaban J connectivity index is 1.58. The number of hydrogen-bond donors (Lipinski definition) is 1. The molecule has 11 heteroatoms. The Morgan fingerprint density at radius 1 is 1.14 bits per heavy atom. The van der Waals surface area contributed by atoms with E-state index in [9.17, 15) is 14.4 Å². The smallest absolute Gasteiger partial charge is 0.315 e. The quantitative estimate of drug-likeness (QED) is 0.539. The molecular formula is C17H15N7O3S. The number of rotatable bonds is 4. The minimum absolute atomic E-state index is 0.136. The molecule has 1 N–H and O–H groups in total. The van der Waals surface area contributed by atoms with Crippen molar-refractivity contribution < 1.29 is 4.79 Å². The van der Waals surface area contributed by atoms with Crippen molar-refractivity contribution in [2.45, 2.75) is 6.54 Å². The first-order valence-electron chi connectivity index (χ1n) is 8.23. The van der Waals surface area contributed by atoms with Crippen LogP contribution in [0.1, 0.15) is 0 Å². The van der Waals surface area contributed by atoms with Crippen LogP contribution in [0.4, 0.5) is 5.13 Å². The number of carbonyl (C=O) groups excluding carboxylic acids is 1. The maximum atomic E-state index is 12.4. The summed E-state index contributed by atoms with van der Waals surface area (Å²) in [4.78, 5) is 49.5. The highest BCUT2D eigenvalue weighted by molar-refractivity contribution is 7.14. The fraction of sp³-hybridized carbons (Fsp3) is 0.176. The Hall–Kier alpha value is -3.60. The molecule has 0 aliphatic heterocycles. The predicted octanol–water partition coefficient (Wildman–Crippen LogP) is 0.591. The van der Waals surface area contributed by atoms with Crippen LogP contribution in [0.3, 0.4) is 0 Å². The third-order valence-electron chi connectivity index (χ3n) is 4.21. The van der Waals surface area contributed by atoms with Gasteiger partial charge in [-0.2, -0.15) is 0 Å². The minimum Gasteiger partial charge on any atom is -0.315 e. The summed E-state index contributed by atoms with van der Waals surface area (Å²) in [7, 11) is 2.91. The van der Waals surface area contributed by atoms with Gasteiger partial charge in [-0.05, 0) is 12.1 Å². The fourth-order valence-electron chi connectivity index (χ4n) is 2.79. The van der Waals surface area contributed by atoms with E-state index in [1.807, 2.05) is 18.2 Å². The highest BCUT2D eigenvalue weighted by Crippen LogP contribution is 2.23. The van der Waals surface area contributed by atoms with Gasteiger partial charge in [-0.1, -0.05) is 6.07 Å². The third kappa shape index (κ3) is 3.01. The number of hydrogen-bond acceptors (Lipinski definition) is 7. The number of amides is 1. The summed E-state index contributed by atoms with van der Waals surface area (Å²) in [6.07, 6.45) is 3.04. The molecule has 0 atom stereocenters. The molecule has 0 aromatic carbocycles. The number of pyridine rings is 1. The molecule has 0 saturated carbocycles. The van der Waals surface area contributed by atoms with E-state index in [0.717, 1.165) is 4.57 Å². The lowest BCUT2D eigenvalue weighted by molar-refractivity contribution is -0.116. The van der Waals surface area contributed by atoms with E-state index in [0.29, 0.717) is 16.5 Å². The number of thiazole rings is 1. The van der Waals surface area contributed by atoms with Gasteiger partial charge in [-0.15, -0.1) is 11.3 Å². The van der Waals surface area contributed by atoms with Crippen molar-refractivity contribution in [2.24, 2.45) is 14.1 Å². The topological polar surface area (TPSA) is 117 Å². The molecule has 0 spiro atoms. The molecule has 0 aliphatic rings. The van der Waals surface area contributed by atoms with E-state index in [4.69, 9.17) is 0 Å². The number of nitrogens with zero attached hydrogens (tertiary/aromatic N) is 6. The molecule has 28 heavy (non-hydrogen) atoms. The second-order valence-electron chi connectivity index (χ2n) is 6.05. The number of anilines is 1. The van der Waals surface area contributed by atoms with Gasteiger partial charge in [0.05, 0.1) is 12.0 Å². The number of aryl methyl sites for hydroxylation is 1. The molecule has 0 bridgehead atoms. The molecule has 0 fully saturated rings. The van der Waals surface area contributed by atoms with Crippen LogP contribution in [0, 0.1) is 0 Å². The number of carbonyl (C=O) groups is 1. The van der Waals surface area contributed by atoms with E-state index in [2.05, 4.69) is 20.3 Å². The van der Waals surface area contributed by atoms with Crippen molar-refractivity contribution in [3.63, 3.8) is 0 Å². The lowest BCUT2D eigenvalue weighted by Crippen LogP contribution is -2.37. The molecule has 4 heterocycles. The van der Waals surface area contributed by atoms with Crippen LogP contribution < -0.4 is 16.6 Å². The molecule has 142 valence electrons. The average Bonchev–Trinajstić information content (AvgIpc) is 3.33. The maximum absolute atomic E-state index is 12.4. The Morgan fingerprint density at radius 2 is 1.96 bits per heavy atom. The van der Waals surface area contributed by atoms with Gasteiger partial charge in [-0.25, -0.2) is 14.8 Å². The molecular weight excluding hydrogens is 382 g/mol. The maximum Gasteiger partial charge on any atom is 0.332 e. The summed E-state index contributed by atoms with van der Waals surface area (Å²) in [6, 6.07) is 5.50. The minimum atomic E-state index is -0.505. The summed E-state index contributed by atoms with van der Waals surface area (Å²) in [5.41, 5.74) is 0.815. The summed E-state index contributed by atoms with van der Waals surface area (Å²) < 4.78 is 3.67. The van der Waals surface area contributed by atoms with Gasteiger partial charge in [0.1, 0.15) is 12.2 Å². The monoisotopic (exact) mass is 397 g/mol. The highest BCUT2D eigenvalue weighted by atomic mass is 32.1. The molecule has 0 saturated heterocycles. The summed E-state index contributed by atoms with van der Waals surface area (Å²) in [5, 5.41) is 4.94. The molecule has 0 aliphatic carbocycles. The van der Waals surface area contributed by atoms with Crippen LogP contribution in [0.15, 0.2) is 45.7 Å². The van der Waals surface area contributed by atoms with Crippen LogP contribution in [-0.4, -0.2) is 34.6 Å². The normalized spacial score (nSPS) is 11.1. The van der Waals surface area contributed by atoms with E-state index >= 15 is 0 Å². The third-order valence-corrected chi connectivity index (χ3v) is 4.97. The first-order chi connectivity index (χ1) is 13.5. The summed E-state index contributed by atoms with van der Waals surface area (Å²) in [6.45, 7) is -0.136. The Bertz CT molecular complexity index is 1300. The van der Waals surface area contributed by atoms with Gasteiger partial charge in [0.25, 0.3) is 5.56 Å². The van der Waals surface area contributed by atoms with Crippen molar-refractivity contribution in [1.82, 2.24) is 28.7 Å². The first-order valence-corrected chi connectivity index (χ1v) is 9.11. The summed E-state index contributed by atoms with van der Waals surface area (Å²) >= 11 is 1.28. The second kappa shape index (κ2) is 6.85. The van der Waals surface area contributed by atoms with E-state index < -0.39 is 11.2 Å². The largest absolute Gasteiger partial charge is 0.332 e. The molecule has 4 aromatic heterocycles. The van der Waals surface area contributed by atoms with Gasteiger partial charge in [0.2, 0.25) is 5.91 Å². The van der Waals surface area contributed by atoms with Crippen LogP contribution in [0.25, 0.3) is 22.6 Å². The molecule has 1 amide bonds. The molecule has 4 aromatic rings. The summed E-state index contributed by atoms with van der Waals surface area (Å²) in [5.74, 6) is -0.364. The lowest BCUT2D eigenvalue weighted by Gasteiger charge is -2.06. The SMILES string of the molecule is Cn1c(=O)c2c(ncn2CC(=O)Nc2nc(-c3ccccn3)cs2)n(C)c1=O. The lowest BCUT2D eigenvalue weighted by atomic mass is 10.3. The zero-order valence-corrected chi connectivity index (χ0v) is 15.8. The molecule has 10 nitrogen and oxygen atoms in total. The molecule has 4 rings (SSSR count). The number of fused-ring (bicyclic) bond motifs is 1. The zero-order chi connectivity index (χ0) is 19.8. The van der Waals surface area contributed by atoms with Crippen molar-refractivity contribution in [3.05, 3.63) is 56.9 Å². The van der Waals surface area contributed by atoms with Gasteiger partial charge in [-0.3, -0.25) is 23.7 Å². The molecule has 0 radical (unpaired) electrons. The zero-order valence-electron chi connectivity index (χ0n) is 15.0. The van der Waals surface area contributed by atoms with Crippen LogP contribution in [-0.2, 0) is 25.4 Å². The van der Waals surface area contributed by atoms with Gasteiger partial charge in [0.15, 0.2) is 16.3 Å². The first kappa shape index (κ1) is 17.8. The van der Waals surface area contributed by atoms with Crippen molar-refractivity contribution in [2.75, 3.05) is 5.32 Å². The van der Waals surface area contributed by atoms with Crippen LogP contribution >= 0.6 is 11.3 Å². The van der Waals surface area contributed by atoms with Crippen LogP contribution in [0.2, 0.25) is 0 Å². The highest BCUT2D eigenvalue weighted by Gasteiger charge is 2.16. The van der Waals surface area contributed by atoms with E-state index in [-0.39, 0.29) is 23.6 Å². The Kier molecular flexibility index (Phi) is 4.35. The van der Waals surface area contributed by atoms with E-state index in [1.165, 1.54) is 40.9 Å². The standard InChI is InChI=1S/C17H15N7O3S/c1-22-14-13(15(26)23(2)17(22)27)24(9-19-14)7-12(25)21-16-20-11(8-28-16)10-5-3-4-6-18-10/h3-6,8-9H,7H2,1-2H3,(H,20,21,25). The Morgan fingerprint density at radius 3 is 2.71 bits per heavy atom. The van der Waals surface area contributed by atoms with E-state index in [1.54, 1.807) is 11.6 Å². The fourth-order valence-corrected chi connectivity index (χ4v) is 3.51. The van der Waals surface area contributed by atoms with Gasteiger partial charge < -0.3 is 9.88 Å². The van der Waals surface area contributed by atoms with Gasteiger partial charge >= 0.3 is 5.69 Å².